The molecule has 1 atom stereocenters. The number of carboxylic acid groups (broad SMARTS) is 1. The van der Waals surface area contributed by atoms with Crippen LogP contribution in [0, 0.1) is 6.92 Å². The number of hydrogen-bond donors (Lipinski definition) is 2. The average Bonchev–Trinajstić information content (AvgIpc) is 2.97. The van der Waals surface area contributed by atoms with Gasteiger partial charge >= 0.3 is 5.97 Å². The summed E-state index contributed by atoms with van der Waals surface area (Å²) in [4.78, 5) is 19.2. The average molecular weight is 308 g/mol. The van der Waals surface area contributed by atoms with Crippen LogP contribution >= 0.6 is 0 Å². The molecule has 0 aliphatic heterocycles. The molecule has 1 heterocycles. The predicted octanol–water partition coefficient (Wildman–Crippen LogP) is 4.75. The van der Waals surface area contributed by atoms with Crippen molar-refractivity contribution in [2.75, 3.05) is 0 Å². The number of imidazole rings is 1. The Kier molecular flexibility index (Phi) is 3.90. The largest absolute Gasteiger partial charge is 0.478 e. The van der Waals surface area contributed by atoms with Gasteiger partial charge in [-0.2, -0.15) is 0 Å². The van der Waals surface area contributed by atoms with E-state index in [1.54, 1.807) is 6.07 Å². The van der Waals surface area contributed by atoms with E-state index in [1.165, 1.54) is 5.56 Å². The Morgan fingerprint density at radius 2 is 1.96 bits per heavy atom. The number of nitrogens with zero attached hydrogens (tertiary/aromatic N) is 1. The maximum Gasteiger partial charge on any atom is 0.337 e. The summed E-state index contributed by atoms with van der Waals surface area (Å²) in [6.07, 6.45) is 1.10. The number of carbonyl (C=O) groups is 1. The summed E-state index contributed by atoms with van der Waals surface area (Å²) in [5.74, 6) is 0.272. The third-order valence-corrected chi connectivity index (χ3v) is 4.33. The number of fused-ring (bicyclic) bond motifs is 1. The van der Waals surface area contributed by atoms with Crippen LogP contribution in [0.2, 0.25) is 0 Å². The normalized spacial score (nSPS) is 12.5. The van der Waals surface area contributed by atoms with Crippen molar-refractivity contribution < 1.29 is 9.90 Å². The third kappa shape index (κ3) is 2.84. The maximum atomic E-state index is 11.4. The molecule has 1 unspecified atom stereocenters. The van der Waals surface area contributed by atoms with Crippen molar-refractivity contribution in [1.29, 1.82) is 0 Å². The molecule has 1 aromatic heterocycles. The standard InChI is InChI=1S/C19H20N2O2/c1-4-12(3)13-5-7-14(8-6-13)18-20-16-10-11(2)9-15(19(22)23)17(16)21-18/h5-10,12H,4H2,1-3H3,(H,20,21)(H,22,23). The molecule has 4 nitrogen and oxygen atoms in total. The van der Waals surface area contributed by atoms with Crippen LogP contribution in [0.1, 0.15) is 47.7 Å². The van der Waals surface area contributed by atoms with Gasteiger partial charge in [-0.3, -0.25) is 0 Å². The number of benzene rings is 2. The fourth-order valence-corrected chi connectivity index (χ4v) is 2.77. The molecule has 0 spiro atoms. The molecule has 0 amide bonds. The molecule has 3 aromatic rings. The molecule has 0 saturated carbocycles. The number of rotatable bonds is 4. The highest BCUT2D eigenvalue weighted by Crippen LogP contribution is 2.26. The Balaban J connectivity index is 2.07. The van der Waals surface area contributed by atoms with Crippen LogP contribution in [0.15, 0.2) is 36.4 Å². The number of H-pyrrole nitrogens is 1. The van der Waals surface area contributed by atoms with Gasteiger partial charge in [0.15, 0.2) is 0 Å². The first-order chi connectivity index (χ1) is 11.0. The zero-order valence-corrected chi connectivity index (χ0v) is 13.6. The molecule has 2 N–H and O–H groups in total. The first-order valence-electron chi connectivity index (χ1n) is 7.83. The molecule has 0 radical (unpaired) electrons. The third-order valence-electron chi connectivity index (χ3n) is 4.33. The number of aromatic nitrogens is 2. The van der Waals surface area contributed by atoms with Crippen molar-refractivity contribution in [1.82, 2.24) is 9.97 Å². The van der Waals surface area contributed by atoms with Crippen molar-refractivity contribution in [2.45, 2.75) is 33.1 Å². The highest BCUT2D eigenvalue weighted by Gasteiger charge is 2.14. The predicted molar refractivity (Wildman–Crippen MR) is 91.9 cm³/mol. The van der Waals surface area contributed by atoms with E-state index in [0.717, 1.165) is 23.1 Å². The number of hydrogen-bond acceptors (Lipinski definition) is 2. The molecule has 0 saturated heterocycles. The molecule has 2 aromatic carbocycles. The molecule has 0 aliphatic rings. The number of aromatic amines is 1. The minimum Gasteiger partial charge on any atom is -0.478 e. The Hall–Kier alpha value is -2.62. The second kappa shape index (κ2) is 5.88. The summed E-state index contributed by atoms with van der Waals surface area (Å²) < 4.78 is 0. The minimum atomic E-state index is -0.955. The van der Waals surface area contributed by atoms with Crippen molar-refractivity contribution in [2.24, 2.45) is 0 Å². The molecule has 4 heteroatoms. The van der Waals surface area contributed by atoms with Gasteiger partial charge in [0.2, 0.25) is 0 Å². The van der Waals surface area contributed by atoms with Crippen LogP contribution in [0.25, 0.3) is 22.4 Å². The second-order valence-electron chi connectivity index (χ2n) is 6.03. The van der Waals surface area contributed by atoms with Crippen molar-refractivity contribution in [3.05, 3.63) is 53.1 Å². The molecule has 0 aliphatic carbocycles. The van der Waals surface area contributed by atoms with Crippen LogP contribution in [-0.2, 0) is 0 Å². The summed E-state index contributed by atoms with van der Waals surface area (Å²) in [5.41, 5.74) is 4.65. The Morgan fingerprint density at radius 3 is 2.57 bits per heavy atom. The fourth-order valence-electron chi connectivity index (χ4n) is 2.77. The van der Waals surface area contributed by atoms with E-state index in [4.69, 9.17) is 0 Å². The van der Waals surface area contributed by atoms with Gasteiger partial charge in [-0.15, -0.1) is 0 Å². The van der Waals surface area contributed by atoms with E-state index in [9.17, 15) is 9.90 Å². The van der Waals surface area contributed by atoms with E-state index in [1.807, 2.05) is 25.1 Å². The maximum absolute atomic E-state index is 11.4. The lowest BCUT2D eigenvalue weighted by Crippen LogP contribution is -1.98. The van der Waals surface area contributed by atoms with Gasteiger partial charge in [-0.05, 0) is 42.5 Å². The number of aryl methyl sites for hydroxylation is 1. The van der Waals surface area contributed by atoms with E-state index in [2.05, 4.69) is 35.9 Å². The zero-order valence-electron chi connectivity index (χ0n) is 13.6. The zero-order chi connectivity index (χ0) is 16.6. The molecule has 3 rings (SSSR count). The minimum absolute atomic E-state index is 0.235. The quantitative estimate of drug-likeness (QED) is 0.731. The van der Waals surface area contributed by atoms with Crippen molar-refractivity contribution in [3.8, 4) is 11.4 Å². The molecule has 0 bridgehead atoms. The van der Waals surface area contributed by atoms with E-state index < -0.39 is 5.97 Å². The van der Waals surface area contributed by atoms with Crippen LogP contribution in [0.4, 0.5) is 0 Å². The highest BCUT2D eigenvalue weighted by atomic mass is 16.4. The van der Waals surface area contributed by atoms with Crippen molar-refractivity contribution >= 4 is 17.0 Å². The monoisotopic (exact) mass is 308 g/mol. The molecular formula is C19H20N2O2. The van der Waals surface area contributed by atoms with E-state index >= 15 is 0 Å². The summed E-state index contributed by atoms with van der Waals surface area (Å²) in [7, 11) is 0. The topological polar surface area (TPSA) is 66.0 Å². The highest BCUT2D eigenvalue weighted by molar-refractivity contribution is 6.02. The lowest BCUT2D eigenvalue weighted by atomic mass is 9.97. The fraction of sp³-hybridized carbons (Fsp3) is 0.263. The molecule has 23 heavy (non-hydrogen) atoms. The van der Waals surface area contributed by atoms with Gasteiger partial charge in [-0.1, -0.05) is 38.1 Å². The van der Waals surface area contributed by atoms with Crippen LogP contribution in [0.5, 0.6) is 0 Å². The van der Waals surface area contributed by atoms with Gasteiger partial charge in [0.1, 0.15) is 11.3 Å². The van der Waals surface area contributed by atoms with Gasteiger partial charge < -0.3 is 10.1 Å². The van der Waals surface area contributed by atoms with Crippen LogP contribution < -0.4 is 0 Å². The van der Waals surface area contributed by atoms with E-state index in [0.29, 0.717) is 17.3 Å². The summed E-state index contributed by atoms with van der Waals surface area (Å²) >= 11 is 0. The Bertz CT molecular complexity index is 863. The SMILES string of the molecule is CCC(C)c1ccc(-c2nc3c(C(=O)O)cc(C)cc3[nH]2)cc1. The summed E-state index contributed by atoms with van der Waals surface area (Å²) in [6.45, 7) is 6.26. The van der Waals surface area contributed by atoms with Gasteiger partial charge in [0, 0.05) is 5.56 Å². The molecule has 0 fully saturated rings. The molecular weight excluding hydrogens is 288 g/mol. The summed E-state index contributed by atoms with van der Waals surface area (Å²) in [5, 5.41) is 9.36. The van der Waals surface area contributed by atoms with Crippen LogP contribution in [0.3, 0.4) is 0 Å². The van der Waals surface area contributed by atoms with Crippen molar-refractivity contribution in [3.63, 3.8) is 0 Å². The van der Waals surface area contributed by atoms with E-state index in [-0.39, 0.29) is 5.56 Å². The lowest BCUT2D eigenvalue weighted by Gasteiger charge is -2.08. The Labute approximate surface area is 135 Å². The number of aromatic carboxylic acids is 1. The first-order valence-corrected chi connectivity index (χ1v) is 7.83. The second-order valence-corrected chi connectivity index (χ2v) is 6.03. The summed E-state index contributed by atoms with van der Waals surface area (Å²) in [6, 6.07) is 11.9. The number of nitrogens with one attached hydrogen (secondary N) is 1. The van der Waals surface area contributed by atoms with Crippen LogP contribution in [-0.4, -0.2) is 21.0 Å². The first kappa shape index (κ1) is 15.3. The lowest BCUT2D eigenvalue weighted by molar-refractivity contribution is 0.0698. The Morgan fingerprint density at radius 1 is 1.26 bits per heavy atom. The van der Waals surface area contributed by atoms with Gasteiger partial charge in [-0.25, -0.2) is 9.78 Å². The smallest absolute Gasteiger partial charge is 0.337 e. The number of carboxylic acids is 1. The van der Waals surface area contributed by atoms with Gasteiger partial charge in [0.25, 0.3) is 0 Å². The van der Waals surface area contributed by atoms with Gasteiger partial charge in [0.05, 0.1) is 11.1 Å². The molecule has 118 valence electrons.